The van der Waals surface area contributed by atoms with Crippen molar-refractivity contribution in [3.05, 3.63) is 31.4 Å². The van der Waals surface area contributed by atoms with Crippen LogP contribution in [0.3, 0.4) is 0 Å². The van der Waals surface area contributed by atoms with E-state index in [0.717, 1.165) is 0 Å². The van der Waals surface area contributed by atoms with Crippen LogP contribution in [0.4, 0.5) is 5.69 Å². The third-order valence-electron chi connectivity index (χ3n) is 1.36. The molecule has 6 heteroatoms. The summed E-state index contributed by atoms with van der Waals surface area (Å²) in [5.41, 5.74) is 0.168. The van der Waals surface area contributed by atoms with Gasteiger partial charge in [0.2, 0.25) is 0 Å². The van der Waals surface area contributed by atoms with Crippen molar-refractivity contribution in [2.75, 3.05) is 0 Å². The number of benzene rings is 1. The summed E-state index contributed by atoms with van der Waals surface area (Å²) in [7, 11) is 0. The summed E-state index contributed by atoms with van der Waals surface area (Å²) in [6.45, 7) is 0. The summed E-state index contributed by atoms with van der Waals surface area (Å²) in [6.07, 6.45) is 0. The molecule has 0 saturated carbocycles. The van der Waals surface area contributed by atoms with E-state index < -0.39 is 4.92 Å². The number of hydrogen-bond acceptors (Lipinski definition) is 4. The lowest BCUT2D eigenvalue weighted by Gasteiger charge is -1.98. The molecule has 66 valence electrons. The molecule has 0 fully saturated rings. The van der Waals surface area contributed by atoms with Crippen LogP contribution < -0.4 is 0 Å². The second kappa shape index (κ2) is 3.93. The molecule has 0 aliphatic heterocycles. The average molecular weight is 306 g/mol. The zero-order chi connectivity index (χ0) is 10.0. The van der Waals surface area contributed by atoms with Crippen molar-refractivity contribution in [3.63, 3.8) is 0 Å². The van der Waals surface area contributed by atoms with Crippen molar-refractivity contribution in [2.24, 2.45) is 0 Å². The third-order valence-corrected chi connectivity index (χ3v) is 3.27. The first-order chi connectivity index (χ1) is 6.06. The van der Waals surface area contributed by atoms with Gasteiger partial charge >= 0.3 is 0 Å². The first-order valence-electron chi connectivity index (χ1n) is 3.13. The van der Waals surface area contributed by atoms with Gasteiger partial charge in [-0.3, -0.25) is 10.1 Å². The molecule has 0 amide bonds. The fourth-order valence-electron chi connectivity index (χ4n) is 0.792. The van der Waals surface area contributed by atoms with E-state index in [-0.39, 0.29) is 11.3 Å². The highest BCUT2D eigenvalue weighted by atomic mass is 127. The molecular weight excluding hydrogens is 303 g/mol. The Kier molecular flexibility index (Phi) is 3.11. The number of nitrogens with zero attached hydrogens (tertiary/aromatic N) is 2. The van der Waals surface area contributed by atoms with Crippen LogP contribution in [-0.4, -0.2) is 4.92 Å². The summed E-state index contributed by atoms with van der Waals surface area (Å²) in [5.74, 6) is 0. The van der Waals surface area contributed by atoms with Crippen LogP contribution in [0.25, 0.3) is 0 Å². The van der Waals surface area contributed by atoms with E-state index >= 15 is 0 Å². The maximum Gasteiger partial charge on any atom is 0.285 e. The standard InChI is InChI=1S/C7H3IN2O2S/c8-7-5(10(11)12)1-4(3-9)2-6(7)13/h1-2,13H. The molecule has 0 heterocycles. The van der Waals surface area contributed by atoms with Crippen LogP contribution >= 0.6 is 35.2 Å². The number of nitro benzene ring substituents is 1. The van der Waals surface area contributed by atoms with Gasteiger partial charge in [-0.15, -0.1) is 12.6 Å². The average Bonchev–Trinajstić information content (AvgIpc) is 2.09. The fraction of sp³-hybridized carbons (Fsp3) is 0. The van der Waals surface area contributed by atoms with E-state index in [1.165, 1.54) is 12.1 Å². The zero-order valence-corrected chi connectivity index (χ0v) is 9.24. The molecule has 13 heavy (non-hydrogen) atoms. The van der Waals surface area contributed by atoms with Crippen LogP contribution in [0, 0.1) is 25.0 Å². The molecule has 0 aromatic heterocycles. The Morgan fingerprint density at radius 1 is 1.62 bits per heavy atom. The van der Waals surface area contributed by atoms with Gasteiger partial charge in [0.05, 0.1) is 16.6 Å². The highest BCUT2D eigenvalue weighted by Crippen LogP contribution is 2.28. The Morgan fingerprint density at radius 3 is 2.69 bits per heavy atom. The SMILES string of the molecule is N#Cc1cc(S)c(I)c([N+](=O)[O-])c1. The van der Waals surface area contributed by atoms with E-state index in [0.29, 0.717) is 8.47 Å². The van der Waals surface area contributed by atoms with Crippen molar-refractivity contribution in [1.82, 2.24) is 0 Å². The first kappa shape index (κ1) is 10.3. The van der Waals surface area contributed by atoms with Crippen molar-refractivity contribution < 1.29 is 4.92 Å². The zero-order valence-electron chi connectivity index (χ0n) is 6.19. The van der Waals surface area contributed by atoms with Gasteiger partial charge in [0.15, 0.2) is 0 Å². The van der Waals surface area contributed by atoms with Crippen molar-refractivity contribution >= 4 is 40.9 Å². The summed E-state index contributed by atoms with van der Waals surface area (Å²) >= 11 is 5.85. The molecular formula is C7H3IN2O2S. The molecule has 0 saturated heterocycles. The lowest BCUT2D eigenvalue weighted by Crippen LogP contribution is -1.93. The minimum absolute atomic E-state index is 0.0790. The van der Waals surface area contributed by atoms with E-state index in [2.05, 4.69) is 12.6 Å². The lowest BCUT2D eigenvalue weighted by atomic mass is 10.2. The molecule has 1 rings (SSSR count). The molecule has 0 radical (unpaired) electrons. The fourth-order valence-corrected chi connectivity index (χ4v) is 1.55. The number of rotatable bonds is 1. The molecule has 4 nitrogen and oxygen atoms in total. The molecule has 0 N–H and O–H groups in total. The number of halogens is 1. The number of thiol groups is 1. The highest BCUT2D eigenvalue weighted by molar-refractivity contribution is 14.1. The smallest absolute Gasteiger partial charge is 0.258 e. The predicted octanol–water partition coefficient (Wildman–Crippen LogP) is 2.36. The van der Waals surface area contributed by atoms with Gasteiger partial charge in [-0.25, -0.2) is 0 Å². The number of nitriles is 1. The van der Waals surface area contributed by atoms with Crippen molar-refractivity contribution in [1.29, 1.82) is 5.26 Å². The third kappa shape index (κ3) is 2.10. The highest BCUT2D eigenvalue weighted by Gasteiger charge is 2.15. The monoisotopic (exact) mass is 306 g/mol. The molecule has 0 atom stereocenters. The summed E-state index contributed by atoms with van der Waals surface area (Å²) in [4.78, 5) is 10.4. The minimum Gasteiger partial charge on any atom is -0.258 e. The summed E-state index contributed by atoms with van der Waals surface area (Å²) < 4.78 is 0.449. The van der Waals surface area contributed by atoms with Crippen LogP contribution in [0.1, 0.15) is 5.56 Å². The second-order valence-corrected chi connectivity index (χ2v) is 3.76. The van der Waals surface area contributed by atoms with Crippen LogP contribution in [0.5, 0.6) is 0 Å². The Balaban J connectivity index is 3.44. The van der Waals surface area contributed by atoms with Gasteiger partial charge in [-0.1, -0.05) is 0 Å². The second-order valence-electron chi connectivity index (χ2n) is 2.20. The van der Waals surface area contributed by atoms with Gasteiger partial charge in [0.25, 0.3) is 5.69 Å². The van der Waals surface area contributed by atoms with Gasteiger partial charge in [0.1, 0.15) is 3.57 Å². The maximum absolute atomic E-state index is 10.5. The molecule has 0 spiro atoms. The Bertz CT molecular complexity index is 414. The van der Waals surface area contributed by atoms with Gasteiger partial charge in [-0.2, -0.15) is 5.26 Å². The van der Waals surface area contributed by atoms with Gasteiger partial charge in [0, 0.05) is 11.0 Å². The number of nitro groups is 1. The van der Waals surface area contributed by atoms with Gasteiger partial charge in [-0.05, 0) is 28.7 Å². The molecule has 1 aromatic carbocycles. The quantitative estimate of drug-likeness (QED) is 0.375. The van der Waals surface area contributed by atoms with E-state index in [1.54, 1.807) is 0 Å². The van der Waals surface area contributed by atoms with Crippen molar-refractivity contribution in [3.8, 4) is 6.07 Å². The summed E-state index contributed by atoms with van der Waals surface area (Å²) in [5, 5.41) is 19.0. The van der Waals surface area contributed by atoms with E-state index in [9.17, 15) is 10.1 Å². The molecule has 0 aliphatic rings. The Morgan fingerprint density at radius 2 is 2.23 bits per heavy atom. The normalized spacial score (nSPS) is 9.31. The van der Waals surface area contributed by atoms with Crippen molar-refractivity contribution in [2.45, 2.75) is 4.90 Å². The Hall–Kier alpha value is -0.810. The van der Waals surface area contributed by atoms with E-state index in [1.807, 2.05) is 28.7 Å². The predicted molar refractivity (Wildman–Crippen MR) is 57.8 cm³/mol. The lowest BCUT2D eigenvalue weighted by molar-refractivity contribution is -0.386. The minimum atomic E-state index is -0.525. The maximum atomic E-state index is 10.5. The van der Waals surface area contributed by atoms with E-state index in [4.69, 9.17) is 5.26 Å². The topological polar surface area (TPSA) is 66.9 Å². The van der Waals surface area contributed by atoms with Crippen LogP contribution in [-0.2, 0) is 0 Å². The largest absolute Gasteiger partial charge is 0.285 e. The molecule has 0 aliphatic carbocycles. The Labute approximate surface area is 93.3 Å². The molecule has 0 bridgehead atoms. The number of hydrogen-bond donors (Lipinski definition) is 1. The van der Waals surface area contributed by atoms with Gasteiger partial charge < -0.3 is 0 Å². The summed E-state index contributed by atoms with van der Waals surface area (Å²) in [6, 6.07) is 4.57. The first-order valence-corrected chi connectivity index (χ1v) is 4.66. The molecule has 0 unspecified atom stereocenters. The van der Waals surface area contributed by atoms with Crippen LogP contribution in [0.2, 0.25) is 0 Å². The van der Waals surface area contributed by atoms with Crippen LogP contribution in [0.15, 0.2) is 17.0 Å². The molecule has 1 aromatic rings.